The molecule has 0 aliphatic rings. The number of nitrogens with two attached hydrogens (primary N) is 1. The molecule has 0 radical (unpaired) electrons. The number of nitrogens with zero attached hydrogens (tertiary/aromatic N) is 1. The zero-order chi connectivity index (χ0) is 24.9. The number of aromatic nitrogens is 1. The van der Waals surface area contributed by atoms with Crippen molar-refractivity contribution < 1.29 is 9.59 Å². The van der Waals surface area contributed by atoms with Crippen LogP contribution in [-0.2, 0) is 28.3 Å². The molecule has 6 N–H and O–H groups in total. The lowest BCUT2D eigenvalue weighted by molar-refractivity contribution is -0.127. The SMILES string of the molecule is N=C(N)c1ccc(CNC(=O)CNC(=O)C(CCc2ccccn2)NSCc2ccccc2)cc1. The highest BCUT2D eigenvalue weighted by molar-refractivity contribution is 7.96. The topological polar surface area (TPSA) is 133 Å². The van der Waals surface area contributed by atoms with E-state index in [0.717, 1.165) is 22.6 Å². The van der Waals surface area contributed by atoms with Gasteiger partial charge in [-0.05, 0) is 36.1 Å². The fraction of sp³-hybridized carbons (Fsp3) is 0.231. The van der Waals surface area contributed by atoms with Gasteiger partial charge in [-0.15, -0.1) is 0 Å². The van der Waals surface area contributed by atoms with Gasteiger partial charge >= 0.3 is 0 Å². The number of amidine groups is 1. The summed E-state index contributed by atoms with van der Waals surface area (Å²) < 4.78 is 3.25. The molecule has 3 rings (SSSR count). The first-order valence-electron chi connectivity index (χ1n) is 11.3. The van der Waals surface area contributed by atoms with E-state index in [2.05, 4.69) is 20.3 Å². The van der Waals surface area contributed by atoms with E-state index in [9.17, 15) is 9.59 Å². The molecule has 0 aliphatic heterocycles. The molecule has 35 heavy (non-hydrogen) atoms. The molecule has 1 aromatic heterocycles. The van der Waals surface area contributed by atoms with Gasteiger partial charge in [0.1, 0.15) is 5.84 Å². The second-order valence-electron chi connectivity index (χ2n) is 7.91. The summed E-state index contributed by atoms with van der Waals surface area (Å²) in [6.07, 6.45) is 2.93. The van der Waals surface area contributed by atoms with Crippen LogP contribution in [0, 0.1) is 5.41 Å². The molecular weight excluding hydrogens is 460 g/mol. The second-order valence-corrected chi connectivity index (χ2v) is 8.72. The van der Waals surface area contributed by atoms with Gasteiger partial charge in [0.25, 0.3) is 0 Å². The van der Waals surface area contributed by atoms with Crippen LogP contribution in [-0.4, -0.2) is 35.2 Å². The fourth-order valence-electron chi connectivity index (χ4n) is 3.24. The molecular formula is C26H30N6O2S. The number of aryl methyl sites for hydroxylation is 1. The maximum Gasteiger partial charge on any atom is 0.239 e. The van der Waals surface area contributed by atoms with Crippen molar-refractivity contribution in [2.24, 2.45) is 5.73 Å². The lowest BCUT2D eigenvalue weighted by atomic mass is 10.1. The molecule has 0 spiro atoms. The summed E-state index contributed by atoms with van der Waals surface area (Å²) in [5.74, 6) is 0.199. The zero-order valence-corrected chi connectivity index (χ0v) is 20.2. The smallest absolute Gasteiger partial charge is 0.239 e. The van der Waals surface area contributed by atoms with E-state index in [1.54, 1.807) is 30.5 Å². The summed E-state index contributed by atoms with van der Waals surface area (Å²) in [5, 5.41) is 13.0. The molecule has 1 unspecified atom stereocenters. The normalized spacial score (nSPS) is 11.4. The third-order valence-electron chi connectivity index (χ3n) is 5.22. The minimum atomic E-state index is -0.474. The van der Waals surface area contributed by atoms with Gasteiger partial charge in [-0.3, -0.25) is 24.7 Å². The molecule has 182 valence electrons. The summed E-state index contributed by atoms with van der Waals surface area (Å²) in [4.78, 5) is 29.5. The predicted molar refractivity (Wildman–Crippen MR) is 140 cm³/mol. The molecule has 0 bridgehead atoms. The highest BCUT2D eigenvalue weighted by Crippen LogP contribution is 2.12. The van der Waals surface area contributed by atoms with Crippen LogP contribution in [0.4, 0.5) is 0 Å². The third-order valence-corrected chi connectivity index (χ3v) is 6.15. The summed E-state index contributed by atoms with van der Waals surface area (Å²) >= 11 is 1.47. The number of hydrogen-bond donors (Lipinski definition) is 5. The van der Waals surface area contributed by atoms with Gasteiger partial charge in [0.05, 0.1) is 12.6 Å². The summed E-state index contributed by atoms with van der Waals surface area (Å²) in [6, 6.07) is 22.3. The van der Waals surface area contributed by atoms with Crippen LogP contribution in [0.1, 0.15) is 28.8 Å². The van der Waals surface area contributed by atoms with Crippen molar-refractivity contribution in [2.75, 3.05) is 6.54 Å². The van der Waals surface area contributed by atoms with Gasteiger partial charge < -0.3 is 16.4 Å². The Labute approximate surface area is 209 Å². The lowest BCUT2D eigenvalue weighted by Gasteiger charge is -2.18. The van der Waals surface area contributed by atoms with Crippen LogP contribution in [0.5, 0.6) is 0 Å². The van der Waals surface area contributed by atoms with Gasteiger partial charge in [0, 0.05) is 29.8 Å². The van der Waals surface area contributed by atoms with E-state index < -0.39 is 6.04 Å². The minimum absolute atomic E-state index is 0.00330. The number of carbonyl (C=O) groups is 2. The Morgan fingerprint density at radius 1 is 0.943 bits per heavy atom. The summed E-state index contributed by atoms with van der Waals surface area (Å²) in [6.45, 7) is 0.205. The molecule has 2 aromatic carbocycles. The van der Waals surface area contributed by atoms with Crippen molar-refractivity contribution in [3.05, 3.63) is 101 Å². The van der Waals surface area contributed by atoms with Gasteiger partial charge in [0.15, 0.2) is 0 Å². The van der Waals surface area contributed by atoms with Gasteiger partial charge in [-0.25, -0.2) is 0 Å². The van der Waals surface area contributed by atoms with Crippen LogP contribution in [0.3, 0.4) is 0 Å². The molecule has 9 heteroatoms. The van der Waals surface area contributed by atoms with Gasteiger partial charge in [-0.2, -0.15) is 0 Å². The largest absolute Gasteiger partial charge is 0.384 e. The van der Waals surface area contributed by atoms with Crippen molar-refractivity contribution >= 4 is 29.6 Å². The Morgan fingerprint density at radius 3 is 2.37 bits per heavy atom. The fourth-order valence-corrected chi connectivity index (χ4v) is 4.11. The van der Waals surface area contributed by atoms with E-state index in [1.165, 1.54) is 11.9 Å². The number of amides is 2. The van der Waals surface area contributed by atoms with Crippen molar-refractivity contribution in [1.82, 2.24) is 20.3 Å². The van der Waals surface area contributed by atoms with Crippen molar-refractivity contribution in [1.29, 1.82) is 5.41 Å². The maximum absolute atomic E-state index is 12.9. The molecule has 0 fully saturated rings. The van der Waals surface area contributed by atoms with Crippen LogP contribution < -0.4 is 21.1 Å². The standard InChI is InChI=1S/C26H30N6O2S/c27-25(28)21-11-9-19(10-12-21)16-30-24(33)17-31-26(34)23(14-13-22-8-4-5-15-29-22)32-35-18-20-6-2-1-3-7-20/h1-12,15,23,32H,13-14,16-18H2,(H3,27,28)(H,30,33)(H,31,34). The number of pyridine rings is 1. The summed E-state index contributed by atoms with van der Waals surface area (Å²) in [7, 11) is 0. The lowest BCUT2D eigenvalue weighted by Crippen LogP contribution is -2.45. The molecule has 0 saturated carbocycles. The minimum Gasteiger partial charge on any atom is -0.384 e. The molecule has 1 atom stereocenters. The molecule has 2 amide bonds. The molecule has 0 aliphatic carbocycles. The highest BCUT2D eigenvalue weighted by Gasteiger charge is 2.19. The van der Waals surface area contributed by atoms with Crippen molar-refractivity contribution in [3.63, 3.8) is 0 Å². The van der Waals surface area contributed by atoms with E-state index in [4.69, 9.17) is 11.1 Å². The van der Waals surface area contributed by atoms with E-state index in [-0.39, 0.29) is 24.2 Å². The number of carbonyl (C=O) groups excluding carboxylic acids is 2. The van der Waals surface area contributed by atoms with E-state index >= 15 is 0 Å². The van der Waals surface area contributed by atoms with Gasteiger partial charge in [0.2, 0.25) is 11.8 Å². The number of nitrogens with one attached hydrogen (secondary N) is 4. The third kappa shape index (κ3) is 9.23. The van der Waals surface area contributed by atoms with Crippen LogP contribution in [0.15, 0.2) is 79.0 Å². The molecule has 0 saturated heterocycles. The molecule has 1 heterocycles. The monoisotopic (exact) mass is 490 g/mol. The Balaban J connectivity index is 1.48. The number of rotatable bonds is 13. The quantitative estimate of drug-likeness (QED) is 0.142. The Hall–Kier alpha value is -3.69. The highest BCUT2D eigenvalue weighted by atomic mass is 32.2. The van der Waals surface area contributed by atoms with E-state index in [0.29, 0.717) is 24.9 Å². The first-order chi connectivity index (χ1) is 17.0. The number of benzene rings is 2. The molecule has 8 nitrogen and oxygen atoms in total. The van der Waals surface area contributed by atoms with Crippen LogP contribution >= 0.6 is 11.9 Å². The van der Waals surface area contributed by atoms with Gasteiger partial charge in [-0.1, -0.05) is 72.6 Å². The zero-order valence-electron chi connectivity index (χ0n) is 19.4. The van der Waals surface area contributed by atoms with Crippen molar-refractivity contribution in [2.45, 2.75) is 31.2 Å². The average molecular weight is 491 g/mol. The Morgan fingerprint density at radius 2 is 1.69 bits per heavy atom. The Kier molecular flexibility index (Phi) is 10.3. The second kappa shape index (κ2) is 13.9. The van der Waals surface area contributed by atoms with Crippen LogP contribution in [0.25, 0.3) is 0 Å². The molecule has 3 aromatic rings. The first kappa shape index (κ1) is 25.9. The predicted octanol–water partition coefficient (Wildman–Crippen LogP) is 2.54. The summed E-state index contributed by atoms with van der Waals surface area (Å²) in [5.41, 5.74) is 9.03. The maximum atomic E-state index is 12.9. The first-order valence-corrected chi connectivity index (χ1v) is 12.3. The Bertz CT molecular complexity index is 1090. The number of hydrogen-bond acceptors (Lipinski definition) is 6. The number of nitrogen functional groups attached to an aromatic ring is 1. The van der Waals surface area contributed by atoms with Crippen LogP contribution in [0.2, 0.25) is 0 Å². The average Bonchev–Trinajstić information content (AvgIpc) is 2.89. The van der Waals surface area contributed by atoms with Crippen molar-refractivity contribution in [3.8, 4) is 0 Å². The van der Waals surface area contributed by atoms with E-state index in [1.807, 2.05) is 48.5 Å².